The summed E-state index contributed by atoms with van der Waals surface area (Å²) >= 11 is 6.59. The van der Waals surface area contributed by atoms with Crippen LogP contribution in [0.2, 0.25) is 5.02 Å². The number of aliphatic hydroxyl groups is 1. The molecule has 2 saturated heterocycles. The first kappa shape index (κ1) is 26.7. The summed E-state index contributed by atoms with van der Waals surface area (Å²) < 4.78 is 6.85. The lowest BCUT2D eigenvalue weighted by molar-refractivity contribution is -0.144. The standard InChI is InChI=1S/C31H32ClN3O5/c1-20-10-6-13-22(32)25(20)34-17-8-15-31-24(28(38)35(18-9-19-36)26(31)29(34)39)23-27(37)33(21-11-4-3-5-12-21)16-7-14-30(23,2)40-31/h3-8,10-15,23-24,26,36H,9,16-19H2,1-2H3/t23-,24-,26?,30+,31-/m0/s1. The van der Waals surface area contributed by atoms with Crippen LogP contribution in [-0.4, -0.2) is 71.2 Å². The number of nitrogens with zero attached hydrogens (tertiary/aromatic N) is 3. The Kier molecular flexibility index (Phi) is 6.60. The van der Waals surface area contributed by atoms with E-state index in [4.69, 9.17) is 16.3 Å². The van der Waals surface area contributed by atoms with E-state index >= 15 is 0 Å². The molecule has 9 heteroatoms. The number of amides is 3. The highest BCUT2D eigenvalue weighted by molar-refractivity contribution is 6.34. The van der Waals surface area contributed by atoms with Gasteiger partial charge in [0.2, 0.25) is 11.8 Å². The van der Waals surface area contributed by atoms with Crippen LogP contribution in [0.3, 0.4) is 0 Å². The molecule has 0 aromatic heterocycles. The molecule has 2 fully saturated rings. The Labute approximate surface area is 238 Å². The minimum atomic E-state index is -1.37. The third kappa shape index (κ3) is 3.84. The number of aryl methyl sites for hydroxylation is 1. The summed E-state index contributed by atoms with van der Waals surface area (Å²) in [6.07, 6.45) is 7.71. The maximum Gasteiger partial charge on any atom is 0.253 e. The molecule has 4 heterocycles. The zero-order valence-electron chi connectivity index (χ0n) is 22.5. The third-order valence-corrected chi connectivity index (χ3v) is 8.95. The molecule has 1 N–H and O–H groups in total. The molecule has 4 aliphatic heterocycles. The fraction of sp³-hybridized carbons (Fsp3) is 0.387. The fourth-order valence-corrected chi connectivity index (χ4v) is 7.33. The van der Waals surface area contributed by atoms with E-state index in [0.29, 0.717) is 23.7 Å². The number of ether oxygens (including phenoxy) is 1. The summed E-state index contributed by atoms with van der Waals surface area (Å²) in [5.74, 6) is -2.65. The highest BCUT2D eigenvalue weighted by Crippen LogP contribution is 2.58. The van der Waals surface area contributed by atoms with Gasteiger partial charge in [-0.25, -0.2) is 0 Å². The highest BCUT2D eigenvalue weighted by Gasteiger charge is 2.74. The summed E-state index contributed by atoms with van der Waals surface area (Å²) in [6.45, 7) is 4.32. The Bertz CT molecular complexity index is 1410. The summed E-state index contributed by atoms with van der Waals surface area (Å²) in [5, 5.41) is 10.1. The molecule has 40 heavy (non-hydrogen) atoms. The number of likely N-dealkylation sites (tertiary alicyclic amines) is 1. The number of fused-ring (bicyclic) bond motifs is 2. The number of carbonyl (C=O) groups is 3. The molecular weight excluding hydrogens is 530 g/mol. The third-order valence-electron chi connectivity index (χ3n) is 8.64. The van der Waals surface area contributed by atoms with Crippen LogP contribution < -0.4 is 9.80 Å². The van der Waals surface area contributed by atoms with E-state index < -0.39 is 29.1 Å². The van der Waals surface area contributed by atoms with Crippen molar-refractivity contribution >= 4 is 40.7 Å². The van der Waals surface area contributed by atoms with Gasteiger partial charge in [0, 0.05) is 31.9 Å². The second-order valence-electron chi connectivity index (χ2n) is 11.0. The monoisotopic (exact) mass is 561 g/mol. The fourth-order valence-electron chi connectivity index (χ4n) is 7.01. The zero-order chi connectivity index (χ0) is 28.2. The van der Waals surface area contributed by atoms with Gasteiger partial charge in [-0.05, 0) is 44.0 Å². The molecule has 1 unspecified atom stereocenters. The Balaban J connectivity index is 1.48. The molecule has 208 valence electrons. The van der Waals surface area contributed by atoms with Crippen molar-refractivity contribution in [1.82, 2.24) is 4.90 Å². The Morgan fingerprint density at radius 2 is 1.65 bits per heavy atom. The van der Waals surface area contributed by atoms with Gasteiger partial charge >= 0.3 is 0 Å². The van der Waals surface area contributed by atoms with E-state index in [1.54, 1.807) is 15.9 Å². The molecule has 5 atom stereocenters. The smallest absolute Gasteiger partial charge is 0.253 e. The molecular formula is C31H32ClN3O5. The maximum atomic E-state index is 14.5. The number of benzene rings is 2. The average Bonchev–Trinajstić information content (AvgIpc) is 3.20. The Morgan fingerprint density at radius 1 is 0.925 bits per heavy atom. The van der Waals surface area contributed by atoms with Gasteiger partial charge in [-0.1, -0.05) is 66.2 Å². The second kappa shape index (κ2) is 9.87. The highest BCUT2D eigenvalue weighted by atomic mass is 35.5. The van der Waals surface area contributed by atoms with Gasteiger partial charge in [0.25, 0.3) is 5.91 Å². The lowest BCUT2D eigenvalue weighted by Gasteiger charge is -2.37. The molecule has 2 aromatic rings. The van der Waals surface area contributed by atoms with Crippen molar-refractivity contribution in [3.05, 3.63) is 83.4 Å². The number of hydrogen-bond donors (Lipinski definition) is 1. The molecule has 0 saturated carbocycles. The molecule has 1 spiro atoms. The first-order chi connectivity index (χ1) is 19.2. The largest absolute Gasteiger partial charge is 0.396 e. The van der Waals surface area contributed by atoms with Crippen molar-refractivity contribution in [2.24, 2.45) is 11.8 Å². The predicted molar refractivity (Wildman–Crippen MR) is 152 cm³/mol. The van der Waals surface area contributed by atoms with Crippen molar-refractivity contribution in [2.45, 2.75) is 37.5 Å². The van der Waals surface area contributed by atoms with E-state index in [2.05, 4.69) is 0 Å². The molecule has 0 aliphatic carbocycles. The minimum absolute atomic E-state index is 0.142. The first-order valence-corrected chi connectivity index (χ1v) is 14.0. The number of halogens is 1. The Morgan fingerprint density at radius 3 is 2.38 bits per heavy atom. The Hall–Kier alpha value is -3.46. The van der Waals surface area contributed by atoms with Crippen LogP contribution in [0.5, 0.6) is 0 Å². The number of para-hydroxylation sites is 2. The van der Waals surface area contributed by atoms with E-state index in [0.717, 1.165) is 11.3 Å². The van der Waals surface area contributed by atoms with Crippen LogP contribution in [0.4, 0.5) is 11.4 Å². The number of anilines is 2. The van der Waals surface area contributed by atoms with Gasteiger partial charge in [-0.2, -0.15) is 0 Å². The minimum Gasteiger partial charge on any atom is -0.396 e. The van der Waals surface area contributed by atoms with Crippen molar-refractivity contribution < 1.29 is 24.2 Å². The van der Waals surface area contributed by atoms with Gasteiger partial charge < -0.3 is 24.5 Å². The molecule has 0 radical (unpaired) electrons. The molecule has 4 aliphatic rings. The molecule has 6 rings (SSSR count). The summed E-state index contributed by atoms with van der Waals surface area (Å²) in [5.41, 5.74) is -0.337. The average molecular weight is 562 g/mol. The molecule has 8 nitrogen and oxygen atoms in total. The summed E-state index contributed by atoms with van der Waals surface area (Å²) in [6, 6.07) is 13.8. The maximum absolute atomic E-state index is 14.5. The van der Waals surface area contributed by atoms with Gasteiger partial charge in [-0.3, -0.25) is 14.4 Å². The van der Waals surface area contributed by atoms with Crippen LogP contribution in [0, 0.1) is 18.8 Å². The lowest BCUT2D eigenvalue weighted by Crippen LogP contribution is -2.56. The number of carbonyl (C=O) groups excluding carboxylic acids is 3. The van der Waals surface area contributed by atoms with Crippen LogP contribution in [-0.2, 0) is 19.1 Å². The van der Waals surface area contributed by atoms with Crippen LogP contribution >= 0.6 is 11.6 Å². The van der Waals surface area contributed by atoms with E-state index in [-0.39, 0.29) is 37.4 Å². The molecule has 2 aromatic carbocycles. The lowest BCUT2D eigenvalue weighted by atomic mass is 9.74. The van der Waals surface area contributed by atoms with E-state index in [1.807, 2.05) is 80.6 Å². The number of hydrogen-bond acceptors (Lipinski definition) is 5. The molecule has 0 bridgehead atoms. The van der Waals surface area contributed by atoms with Crippen molar-refractivity contribution in [1.29, 1.82) is 0 Å². The quantitative estimate of drug-likeness (QED) is 0.564. The van der Waals surface area contributed by atoms with Crippen molar-refractivity contribution in [3.63, 3.8) is 0 Å². The SMILES string of the molecule is Cc1cccc(Cl)c1N1CC=C[C@]23O[C@]4(C)C=CCN(c5ccccc5)C(=O)[C@@H]4[C@H]2C(=O)N(CCCO)C3C1=O. The van der Waals surface area contributed by atoms with Crippen molar-refractivity contribution in [2.75, 3.05) is 36.0 Å². The first-order valence-electron chi connectivity index (χ1n) is 13.6. The number of aliphatic hydroxyl groups excluding tert-OH is 1. The van der Waals surface area contributed by atoms with Crippen LogP contribution in [0.1, 0.15) is 18.9 Å². The van der Waals surface area contributed by atoms with Crippen molar-refractivity contribution in [3.8, 4) is 0 Å². The number of rotatable bonds is 5. The van der Waals surface area contributed by atoms with Gasteiger partial charge in [0.1, 0.15) is 11.6 Å². The van der Waals surface area contributed by atoms with Gasteiger partial charge in [-0.15, -0.1) is 0 Å². The summed E-state index contributed by atoms with van der Waals surface area (Å²) in [7, 11) is 0. The summed E-state index contributed by atoms with van der Waals surface area (Å²) in [4.78, 5) is 47.9. The van der Waals surface area contributed by atoms with E-state index in [9.17, 15) is 19.5 Å². The predicted octanol–water partition coefficient (Wildman–Crippen LogP) is 3.51. The topological polar surface area (TPSA) is 90.4 Å². The van der Waals surface area contributed by atoms with E-state index in [1.165, 1.54) is 4.90 Å². The zero-order valence-corrected chi connectivity index (χ0v) is 23.3. The van der Waals surface area contributed by atoms with Gasteiger partial charge in [0.15, 0.2) is 0 Å². The van der Waals surface area contributed by atoms with Gasteiger partial charge in [0.05, 0.1) is 28.1 Å². The second-order valence-corrected chi connectivity index (χ2v) is 11.5. The van der Waals surface area contributed by atoms with Crippen LogP contribution in [0.25, 0.3) is 0 Å². The van der Waals surface area contributed by atoms with Crippen LogP contribution in [0.15, 0.2) is 72.8 Å². The normalized spacial score (nSPS) is 31.2. The molecule has 3 amide bonds.